The molecule has 24 heavy (non-hydrogen) atoms. The third-order valence-electron chi connectivity index (χ3n) is 3.84. The van der Waals surface area contributed by atoms with E-state index in [0.29, 0.717) is 16.7 Å². The first kappa shape index (κ1) is 15.3. The Morgan fingerprint density at radius 2 is 1.50 bits per heavy atom. The van der Waals surface area contributed by atoms with Crippen molar-refractivity contribution < 1.29 is 14.6 Å². The van der Waals surface area contributed by atoms with E-state index >= 15 is 0 Å². The topological polar surface area (TPSA) is 94.1 Å². The first-order chi connectivity index (χ1) is 11.6. The molecule has 0 fully saturated rings. The Morgan fingerprint density at radius 3 is 2.04 bits per heavy atom. The Morgan fingerprint density at radius 1 is 0.958 bits per heavy atom. The van der Waals surface area contributed by atoms with Crippen molar-refractivity contribution in [1.82, 2.24) is 0 Å². The summed E-state index contributed by atoms with van der Waals surface area (Å²) in [4.78, 5) is 12.1. The zero-order valence-corrected chi connectivity index (χ0v) is 12.6. The Balaban J connectivity index is 1.85. The van der Waals surface area contributed by atoms with E-state index in [-0.39, 0.29) is 17.9 Å². The molecular weight excluding hydrogens is 304 g/mol. The number of nitriles is 2. The summed E-state index contributed by atoms with van der Waals surface area (Å²) in [6.07, 6.45) is 0.260. The fraction of sp³-hybridized carbons (Fsp3) is 0.105. The second-order valence-corrected chi connectivity index (χ2v) is 5.38. The average Bonchev–Trinajstić information content (AvgIpc) is 2.89. The van der Waals surface area contributed by atoms with Crippen LogP contribution in [-0.2, 0) is 16.0 Å². The van der Waals surface area contributed by atoms with Gasteiger partial charge < -0.3 is 9.84 Å². The third kappa shape index (κ3) is 2.84. The van der Waals surface area contributed by atoms with Crippen molar-refractivity contribution in [2.24, 2.45) is 0 Å². The number of cyclic esters (lactones) is 1. The van der Waals surface area contributed by atoms with Crippen LogP contribution < -0.4 is 0 Å². The molecule has 2 aromatic rings. The number of hydrogen-bond acceptors (Lipinski definition) is 5. The number of aliphatic hydroxyl groups is 1. The number of aliphatic hydroxyl groups excluding tert-OH is 1. The lowest BCUT2D eigenvalue weighted by molar-refractivity contribution is -0.138. The summed E-state index contributed by atoms with van der Waals surface area (Å²) in [7, 11) is 0. The maximum absolute atomic E-state index is 12.1. The lowest BCUT2D eigenvalue weighted by Crippen LogP contribution is -2.09. The minimum Gasteiger partial charge on any atom is -0.507 e. The second kappa shape index (κ2) is 6.28. The van der Waals surface area contributed by atoms with Gasteiger partial charge in [0.05, 0.1) is 23.3 Å². The van der Waals surface area contributed by atoms with Gasteiger partial charge in [-0.3, -0.25) is 4.79 Å². The van der Waals surface area contributed by atoms with E-state index in [1.54, 1.807) is 48.5 Å². The van der Waals surface area contributed by atoms with Gasteiger partial charge in [-0.1, -0.05) is 24.3 Å². The molecule has 0 aromatic heterocycles. The predicted octanol–water partition coefficient (Wildman–Crippen LogP) is 3.08. The van der Waals surface area contributed by atoms with E-state index < -0.39 is 11.9 Å². The molecule has 0 spiro atoms. The number of ether oxygens (including phenoxy) is 1. The number of nitrogens with zero attached hydrogens (tertiary/aromatic N) is 2. The fourth-order valence-electron chi connectivity index (χ4n) is 2.56. The van der Waals surface area contributed by atoms with Crippen LogP contribution in [-0.4, -0.2) is 11.1 Å². The molecule has 5 heteroatoms. The maximum atomic E-state index is 12.1. The number of hydrogen-bond donors (Lipinski definition) is 1. The summed E-state index contributed by atoms with van der Waals surface area (Å²) in [5.41, 5.74) is 2.41. The summed E-state index contributed by atoms with van der Waals surface area (Å²) < 4.78 is 5.22. The molecule has 3 rings (SSSR count). The molecule has 0 bridgehead atoms. The Bertz CT molecular complexity index is 898. The van der Waals surface area contributed by atoms with E-state index in [4.69, 9.17) is 15.3 Å². The van der Waals surface area contributed by atoms with Gasteiger partial charge in [0.25, 0.3) is 0 Å². The molecule has 0 aliphatic carbocycles. The van der Waals surface area contributed by atoms with E-state index in [2.05, 4.69) is 0 Å². The van der Waals surface area contributed by atoms with Gasteiger partial charge in [-0.25, -0.2) is 0 Å². The predicted molar refractivity (Wildman–Crippen MR) is 84.5 cm³/mol. The summed E-state index contributed by atoms with van der Waals surface area (Å²) >= 11 is 0. The van der Waals surface area contributed by atoms with Crippen LogP contribution >= 0.6 is 0 Å². The minimum absolute atomic E-state index is 0.117. The highest BCUT2D eigenvalue weighted by Crippen LogP contribution is 2.34. The lowest BCUT2D eigenvalue weighted by atomic mass is 9.96. The second-order valence-electron chi connectivity index (χ2n) is 5.38. The molecule has 1 atom stereocenters. The lowest BCUT2D eigenvalue weighted by Gasteiger charge is -2.06. The number of carbonyl (C=O) groups excluding carboxylic acids is 1. The molecule has 0 amide bonds. The van der Waals surface area contributed by atoms with Crippen molar-refractivity contribution in [2.75, 3.05) is 0 Å². The molecule has 2 aromatic carbocycles. The van der Waals surface area contributed by atoms with E-state index in [9.17, 15) is 9.90 Å². The SMILES string of the molecule is N#Cc1ccc(CC2=C(O)C(c3ccc(C#N)cc3)C(=O)O2)cc1. The zero-order chi connectivity index (χ0) is 17.1. The number of allylic oxidation sites excluding steroid dienone is 1. The van der Waals surface area contributed by atoms with Gasteiger partial charge >= 0.3 is 5.97 Å². The van der Waals surface area contributed by atoms with E-state index in [1.165, 1.54) is 0 Å². The van der Waals surface area contributed by atoms with Crippen LogP contribution in [0.3, 0.4) is 0 Å². The van der Waals surface area contributed by atoms with Gasteiger partial charge in [-0.05, 0) is 35.4 Å². The van der Waals surface area contributed by atoms with Crippen LogP contribution in [0.1, 0.15) is 28.2 Å². The summed E-state index contributed by atoms with van der Waals surface area (Å²) in [6.45, 7) is 0. The van der Waals surface area contributed by atoms with Crippen LogP contribution in [0.4, 0.5) is 0 Å². The molecule has 0 saturated heterocycles. The van der Waals surface area contributed by atoms with Gasteiger partial charge in [0, 0.05) is 6.42 Å². The Kier molecular flexibility index (Phi) is 4.01. The van der Waals surface area contributed by atoms with Crippen molar-refractivity contribution in [3.8, 4) is 12.1 Å². The van der Waals surface area contributed by atoms with Crippen LogP contribution in [0.2, 0.25) is 0 Å². The highest BCUT2D eigenvalue weighted by molar-refractivity contribution is 5.85. The van der Waals surface area contributed by atoms with Crippen molar-refractivity contribution in [1.29, 1.82) is 10.5 Å². The van der Waals surface area contributed by atoms with Crippen molar-refractivity contribution >= 4 is 5.97 Å². The van der Waals surface area contributed by atoms with Crippen LogP contribution in [0, 0.1) is 22.7 Å². The van der Waals surface area contributed by atoms with Gasteiger partial charge in [-0.15, -0.1) is 0 Å². The van der Waals surface area contributed by atoms with Crippen LogP contribution in [0.5, 0.6) is 0 Å². The van der Waals surface area contributed by atoms with Gasteiger partial charge in [0.1, 0.15) is 11.7 Å². The number of carbonyl (C=O) groups is 1. The number of esters is 1. The summed E-state index contributed by atoms with van der Waals surface area (Å²) in [6, 6.07) is 17.3. The standard InChI is InChI=1S/C19H12N2O3/c20-10-13-3-1-12(2-4-13)9-16-18(22)17(19(23)24-16)15-7-5-14(11-21)6-8-15/h1-8,17,22H,9H2. The van der Waals surface area contributed by atoms with Gasteiger partial charge in [0.2, 0.25) is 0 Å². The van der Waals surface area contributed by atoms with Crippen molar-refractivity contribution in [3.05, 3.63) is 82.3 Å². The third-order valence-corrected chi connectivity index (χ3v) is 3.84. The number of rotatable bonds is 3. The Hall–Kier alpha value is -3.57. The smallest absolute Gasteiger partial charge is 0.326 e. The molecule has 1 heterocycles. The van der Waals surface area contributed by atoms with Crippen LogP contribution in [0.25, 0.3) is 0 Å². The first-order valence-electron chi connectivity index (χ1n) is 7.25. The average molecular weight is 316 g/mol. The molecule has 116 valence electrons. The zero-order valence-electron chi connectivity index (χ0n) is 12.6. The largest absolute Gasteiger partial charge is 0.507 e. The first-order valence-corrected chi connectivity index (χ1v) is 7.25. The van der Waals surface area contributed by atoms with Crippen molar-refractivity contribution in [3.63, 3.8) is 0 Å². The minimum atomic E-state index is -0.869. The van der Waals surface area contributed by atoms with Crippen molar-refractivity contribution in [2.45, 2.75) is 12.3 Å². The molecular formula is C19H12N2O3. The molecule has 0 radical (unpaired) electrons. The molecule has 1 aliphatic rings. The van der Waals surface area contributed by atoms with Crippen LogP contribution in [0.15, 0.2) is 60.0 Å². The Labute approximate surface area is 138 Å². The molecule has 1 unspecified atom stereocenters. The van der Waals surface area contributed by atoms with Gasteiger partial charge in [0.15, 0.2) is 5.76 Å². The monoisotopic (exact) mass is 316 g/mol. The molecule has 5 nitrogen and oxygen atoms in total. The molecule has 0 saturated carbocycles. The maximum Gasteiger partial charge on any atom is 0.326 e. The van der Waals surface area contributed by atoms with Gasteiger partial charge in [-0.2, -0.15) is 10.5 Å². The molecule has 1 aliphatic heterocycles. The highest BCUT2D eigenvalue weighted by Gasteiger charge is 2.37. The normalized spacial score (nSPS) is 16.4. The summed E-state index contributed by atoms with van der Waals surface area (Å²) in [5.74, 6) is -1.32. The fourth-order valence-corrected chi connectivity index (χ4v) is 2.56. The quantitative estimate of drug-likeness (QED) is 0.878. The molecule has 1 N–H and O–H groups in total. The van der Waals surface area contributed by atoms with E-state index in [1.807, 2.05) is 12.1 Å². The summed E-state index contributed by atoms with van der Waals surface area (Å²) in [5, 5.41) is 28.0. The van der Waals surface area contributed by atoms with E-state index in [0.717, 1.165) is 5.56 Å². The highest BCUT2D eigenvalue weighted by atomic mass is 16.6. The number of benzene rings is 2.